The molecule has 8 heteroatoms. The Kier molecular flexibility index (Phi) is 8.21. The number of carbonyl (C=O) groups is 2. The van der Waals surface area contributed by atoms with E-state index in [1.54, 1.807) is 19.3 Å². The summed E-state index contributed by atoms with van der Waals surface area (Å²) in [5.41, 5.74) is 2.31. The number of rotatable bonds is 6. The van der Waals surface area contributed by atoms with Gasteiger partial charge in [-0.25, -0.2) is 0 Å². The Bertz CT molecular complexity index is 1020. The SMILES string of the molecule is COc1ccc(Br)cc1C=CC(=O)Nc1ccc(N2CCN(C(=O)C(C)C)CC2)c(Cl)c1. The first kappa shape index (κ1) is 24.1. The van der Waals surface area contributed by atoms with E-state index in [4.69, 9.17) is 16.3 Å². The molecule has 0 unspecified atom stereocenters. The Morgan fingerprint density at radius 3 is 2.47 bits per heavy atom. The fraction of sp³-hybridized carbons (Fsp3) is 0.333. The number of anilines is 2. The van der Waals surface area contributed by atoms with E-state index < -0.39 is 0 Å². The highest BCUT2D eigenvalue weighted by atomic mass is 79.9. The molecule has 1 saturated heterocycles. The van der Waals surface area contributed by atoms with Crippen LogP contribution in [0.5, 0.6) is 5.75 Å². The van der Waals surface area contributed by atoms with Crippen molar-refractivity contribution in [1.82, 2.24) is 4.90 Å². The summed E-state index contributed by atoms with van der Waals surface area (Å²) in [5, 5.41) is 3.39. The second-order valence-electron chi connectivity index (χ2n) is 7.84. The van der Waals surface area contributed by atoms with Crippen molar-refractivity contribution in [1.29, 1.82) is 0 Å². The first-order valence-corrected chi connectivity index (χ1v) is 11.6. The monoisotopic (exact) mass is 519 g/mol. The molecule has 0 atom stereocenters. The molecule has 1 N–H and O–H groups in total. The molecule has 6 nitrogen and oxygen atoms in total. The Balaban J connectivity index is 1.62. The number of piperazine rings is 1. The fourth-order valence-electron chi connectivity index (χ4n) is 3.56. The number of amides is 2. The summed E-state index contributed by atoms with van der Waals surface area (Å²) in [6.45, 7) is 6.64. The molecule has 0 saturated carbocycles. The fourth-order valence-corrected chi connectivity index (χ4v) is 4.24. The van der Waals surface area contributed by atoms with Gasteiger partial charge in [-0.05, 0) is 42.5 Å². The van der Waals surface area contributed by atoms with Crippen LogP contribution in [0.3, 0.4) is 0 Å². The minimum absolute atomic E-state index is 0.00610. The van der Waals surface area contributed by atoms with E-state index in [0.29, 0.717) is 29.5 Å². The number of nitrogens with zero attached hydrogens (tertiary/aromatic N) is 2. The maximum absolute atomic E-state index is 12.4. The smallest absolute Gasteiger partial charge is 0.248 e. The number of hydrogen-bond acceptors (Lipinski definition) is 4. The highest BCUT2D eigenvalue weighted by Gasteiger charge is 2.24. The minimum Gasteiger partial charge on any atom is -0.496 e. The molecule has 1 fully saturated rings. The molecule has 0 bridgehead atoms. The lowest BCUT2D eigenvalue weighted by molar-refractivity contribution is -0.134. The molecule has 0 aliphatic carbocycles. The van der Waals surface area contributed by atoms with Crippen molar-refractivity contribution in [2.24, 2.45) is 5.92 Å². The van der Waals surface area contributed by atoms with E-state index in [2.05, 4.69) is 26.1 Å². The maximum atomic E-state index is 12.4. The van der Waals surface area contributed by atoms with Crippen molar-refractivity contribution in [3.8, 4) is 5.75 Å². The molecule has 2 aromatic rings. The van der Waals surface area contributed by atoms with Gasteiger partial charge in [0.05, 0.1) is 17.8 Å². The summed E-state index contributed by atoms with van der Waals surface area (Å²) >= 11 is 9.93. The van der Waals surface area contributed by atoms with Crippen LogP contribution in [0.2, 0.25) is 5.02 Å². The molecule has 2 aromatic carbocycles. The minimum atomic E-state index is -0.267. The van der Waals surface area contributed by atoms with Crippen LogP contribution in [0.1, 0.15) is 19.4 Å². The van der Waals surface area contributed by atoms with Gasteiger partial charge in [0.2, 0.25) is 11.8 Å². The molecule has 0 aromatic heterocycles. The van der Waals surface area contributed by atoms with Gasteiger partial charge in [-0.2, -0.15) is 0 Å². The molecule has 2 amide bonds. The van der Waals surface area contributed by atoms with Gasteiger partial charge in [-0.3, -0.25) is 9.59 Å². The summed E-state index contributed by atoms with van der Waals surface area (Å²) < 4.78 is 6.22. The molecule has 1 heterocycles. The number of nitrogens with one attached hydrogen (secondary N) is 1. The Hall–Kier alpha value is -2.51. The number of ether oxygens (including phenoxy) is 1. The zero-order chi connectivity index (χ0) is 23.3. The summed E-state index contributed by atoms with van der Waals surface area (Å²) in [6.07, 6.45) is 3.16. The van der Waals surface area contributed by atoms with Crippen LogP contribution in [0, 0.1) is 5.92 Å². The number of benzene rings is 2. The highest BCUT2D eigenvalue weighted by Crippen LogP contribution is 2.30. The zero-order valence-electron chi connectivity index (χ0n) is 18.4. The molecule has 170 valence electrons. The predicted molar refractivity (Wildman–Crippen MR) is 133 cm³/mol. The van der Waals surface area contributed by atoms with Crippen molar-refractivity contribution in [3.63, 3.8) is 0 Å². The third kappa shape index (κ3) is 6.04. The van der Waals surface area contributed by atoms with Crippen LogP contribution in [0.15, 0.2) is 46.9 Å². The van der Waals surface area contributed by atoms with E-state index in [-0.39, 0.29) is 17.7 Å². The average Bonchev–Trinajstić information content (AvgIpc) is 2.77. The topological polar surface area (TPSA) is 61.9 Å². The van der Waals surface area contributed by atoms with Crippen molar-refractivity contribution >= 4 is 56.8 Å². The summed E-state index contributed by atoms with van der Waals surface area (Å²) in [6, 6.07) is 11.1. The molecule has 1 aliphatic rings. The van der Waals surface area contributed by atoms with E-state index in [9.17, 15) is 9.59 Å². The highest BCUT2D eigenvalue weighted by molar-refractivity contribution is 9.10. The molecule has 32 heavy (non-hydrogen) atoms. The van der Waals surface area contributed by atoms with Gasteiger partial charge in [0, 0.05) is 53.9 Å². The van der Waals surface area contributed by atoms with E-state index >= 15 is 0 Å². The molecular weight excluding hydrogens is 494 g/mol. The van der Waals surface area contributed by atoms with Crippen molar-refractivity contribution in [3.05, 3.63) is 57.5 Å². The largest absolute Gasteiger partial charge is 0.496 e. The van der Waals surface area contributed by atoms with Crippen LogP contribution in [-0.2, 0) is 9.59 Å². The van der Waals surface area contributed by atoms with Crippen molar-refractivity contribution < 1.29 is 14.3 Å². The lowest BCUT2D eigenvalue weighted by Gasteiger charge is -2.37. The quantitative estimate of drug-likeness (QED) is 0.541. The summed E-state index contributed by atoms with van der Waals surface area (Å²) in [4.78, 5) is 28.6. The molecule has 1 aliphatic heterocycles. The first-order valence-electron chi connectivity index (χ1n) is 10.4. The Morgan fingerprint density at radius 2 is 1.84 bits per heavy atom. The van der Waals surface area contributed by atoms with Crippen LogP contribution in [-0.4, -0.2) is 50.0 Å². The van der Waals surface area contributed by atoms with Gasteiger partial charge in [0.25, 0.3) is 0 Å². The normalized spacial score (nSPS) is 14.2. The van der Waals surface area contributed by atoms with Crippen molar-refractivity contribution in [2.75, 3.05) is 43.5 Å². The third-order valence-electron chi connectivity index (χ3n) is 5.25. The predicted octanol–water partition coefficient (Wildman–Crippen LogP) is 5.07. The van der Waals surface area contributed by atoms with Crippen LogP contribution in [0.25, 0.3) is 6.08 Å². The van der Waals surface area contributed by atoms with E-state index in [0.717, 1.165) is 28.8 Å². The maximum Gasteiger partial charge on any atom is 0.248 e. The van der Waals surface area contributed by atoms with Gasteiger partial charge in [-0.15, -0.1) is 0 Å². The van der Waals surface area contributed by atoms with Gasteiger partial charge in [-0.1, -0.05) is 41.4 Å². The van der Waals surface area contributed by atoms with Gasteiger partial charge >= 0.3 is 0 Å². The lowest BCUT2D eigenvalue weighted by atomic mass is 10.1. The second kappa shape index (κ2) is 10.9. The van der Waals surface area contributed by atoms with E-state index in [1.807, 2.05) is 49.1 Å². The molecule has 3 rings (SSSR count). The lowest BCUT2D eigenvalue weighted by Crippen LogP contribution is -2.50. The van der Waals surface area contributed by atoms with Crippen LogP contribution in [0.4, 0.5) is 11.4 Å². The second-order valence-corrected chi connectivity index (χ2v) is 9.16. The third-order valence-corrected chi connectivity index (χ3v) is 6.04. The van der Waals surface area contributed by atoms with Gasteiger partial charge in [0.1, 0.15) is 5.75 Å². The first-order chi connectivity index (χ1) is 15.3. The Labute approximate surface area is 202 Å². The van der Waals surface area contributed by atoms with Crippen LogP contribution >= 0.6 is 27.5 Å². The summed E-state index contributed by atoms with van der Waals surface area (Å²) in [5.74, 6) is 0.602. The van der Waals surface area contributed by atoms with E-state index in [1.165, 1.54) is 6.08 Å². The van der Waals surface area contributed by atoms with Gasteiger partial charge in [0.15, 0.2) is 0 Å². The standard InChI is InChI=1S/C24H27BrClN3O3/c1-16(2)24(31)29-12-10-28(11-13-29)21-7-6-19(15-20(21)26)27-23(30)9-4-17-14-18(25)5-8-22(17)32-3/h4-9,14-16H,10-13H2,1-3H3,(H,27,30). The Morgan fingerprint density at radius 1 is 1.12 bits per heavy atom. The molecular formula is C24H27BrClN3O3. The van der Waals surface area contributed by atoms with Crippen molar-refractivity contribution in [2.45, 2.75) is 13.8 Å². The van der Waals surface area contributed by atoms with Crippen LogP contribution < -0.4 is 15.0 Å². The number of halogens is 2. The number of hydrogen-bond donors (Lipinski definition) is 1. The van der Waals surface area contributed by atoms with Gasteiger partial charge < -0.3 is 19.9 Å². The zero-order valence-corrected chi connectivity index (χ0v) is 20.7. The summed E-state index contributed by atoms with van der Waals surface area (Å²) in [7, 11) is 1.59. The molecule has 0 spiro atoms. The number of carbonyl (C=O) groups excluding carboxylic acids is 2. The number of methoxy groups -OCH3 is 1. The average molecular weight is 521 g/mol. The molecule has 0 radical (unpaired) electrons.